The van der Waals surface area contributed by atoms with Crippen LogP contribution < -0.4 is 15.8 Å². The van der Waals surface area contributed by atoms with E-state index in [1.807, 2.05) is 24.3 Å². The Morgan fingerprint density at radius 3 is 2.52 bits per heavy atom. The molecule has 0 unspecified atom stereocenters. The average molecular weight is 293 g/mol. The first-order valence-electron chi connectivity index (χ1n) is 6.90. The highest BCUT2D eigenvalue weighted by molar-refractivity contribution is 5.85. The van der Waals surface area contributed by atoms with Gasteiger partial charge in [0.05, 0.1) is 20.2 Å². The number of carbonyl (C=O) groups is 2. The molecule has 0 heterocycles. The minimum Gasteiger partial charge on any atom is -0.497 e. The van der Waals surface area contributed by atoms with Crippen molar-refractivity contribution in [3.63, 3.8) is 0 Å². The third-order valence-corrected chi connectivity index (χ3v) is 3.17. The van der Waals surface area contributed by atoms with Crippen molar-refractivity contribution >= 4 is 11.8 Å². The van der Waals surface area contributed by atoms with Crippen molar-refractivity contribution in [2.75, 3.05) is 33.8 Å². The molecular weight excluding hydrogens is 270 g/mol. The SMILES string of the molecule is COc1ccc(CCCN(C)C(=O)CNC(=O)CN)cc1. The molecule has 0 bridgehead atoms. The van der Waals surface area contributed by atoms with Crippen LogP contribution >= 0.6 is 0 Å². The van der Waals surface area contributed by atoms with E-state index in [2.05, 4.69) is 5.32 Å². The number of nitrogens with zero attached hydrogens (tertiary/aromatic N) is 1. The number of hydrogen-bond donors (Lipinski definition) is 2. The summed E-state index contributed by atoms with van der Waals surface area (Å²) >= 11 is 0. The van der Waals surface area contributed by atoms with Crippen molar-refractivity contribution in [3.8, 4) is 5.75 Å². The number of likely N-dealkylation sites (N-methyl/N-ethyl adjacent to an activating group) is 1. The van der Waals surface area contributed by atoms with Crippen LogP contribution in [0.2, 0.25) is 0 Å². The first kappa shape index (κ1) is 17.0. The molecule has 3 N–H and O–H groups in total. The van der Waals surface area contributed by atoms with E-state index in [9.17, 15) is 9.59 Å². The third-order valence-electron chi connectivity index (χ3n) is 3.17. The molecule has 0 spiro atoms. The lowest BCUT2D eigenvalue weighted by Gasteiger charge is -2.17. The van der Waals surface area contributed by atoms with Gasteiger partial charge in [-0.25, -0.2) is 0 Å². The summed E-state index contributed by atoms with van der Waals surface area (Å²) in [6.07, 6.45) is 1.75. The molecule has 6 heteroatoms. The second-order valence-electron chi connectivity index (χ2n) is 4.75. The Labute approximate surface area is 125 Å². The van der Waals surface area contributed by atoms with Crippen LogP contribution in [0.25, 0.3) is 0 Å². The van der Waals surface area contributed by atoms with Gasteiger partial charge >= 0.3 is 0 Å². The Kier molecular flexibility index (Phi) is 7.25. The Morgan fingerprint density at radius 2 is 1.95 bits per heavy atom. The molecule has 0 aromatic heterocycles. The van der Waals surface area contributed by atoms with E-state index in [0.717, 1.165) is 18.6 Å². The zero-order chi connectivity index (χ0) is 15.7. The minimum absolute atomic E-state index is 0.00489. The maximum Gasteiger partial charge on any atom is 0.241 e. The van der Waals surface area contributed by atoms with Crippen LogP contribution in [0.15, 0.2) is 24.3 Å². The number of amides is 2. The van der Waals surface area contributed by atoms with E-state index in [4.69, 9.17) is 10.5 Å². The highest BCUT2D eigenvalue weighted by atomic mass is 16.5. The molecule has 0 saturated carbocycles. The molecule has 0 atom stereocenters. The van der Waals surface area contributed by atoms with Crippen LogP contribution in [0.1, 0.15) is 12.0 Å². The second kappa shape index (κ2) is 8.97. The first-order valence-corrected chi connectivity index (χ1v) is 6.90. The van der Waals surface area contributed by atoms with Gasteiger partial charge in [-0.15, -0.1) is 0 Å². The fraction of sp³-hybridized carbons (Fsp3) is 0.467. The van der Waals surface area contributed by atoms with E-state index in [1.54, 1.807) is 19.1 Å². The smallest absolute Gasteiger partial charge is 0.241 e. The Bertz CT molecular complexity index is 460. The van der Waals surface area contributed by atoms with Crippen LogP contribution in [0.4, 0.5) is 0 Å². The second-order valence-corrected chi connectivity index (χ2v) is 4.75. The van der Waals surface area contributed by atoms with Gasteiger partial charge in [0.25, 0.3) is 0 Å². The summed E-state index contributed by atoms with van der Waals surface area (Å²) in [7, 11) is 3.37. The number of benzene rings is 1. The summed E-state index contributed by atoms with van der Waals surface area (Å²) in [5, 5.41) is 2.46. The molecule has 1 rings (SSSR count). The fourth-order valence-electron chi connectivity index (χ4n) is 1.82. The van der Waals surface area contributed by atoms with Crippen molar-refractivity contribution in [2.24, 2.45) is 5.73 Å². The molecule has 1 aromatic rings. The maximum atomic E-state index is 11.7. The number of methoxy groups -OCH3 is 1. The number of ether oxygens (including phenoxy) is 1. The predicted octanol–water partition coefficient (Wildman–Crippen LogP) is 0.161. The van der Waals surface area contributed by atoms with Gasteiger partial charge in [-0.2, -0.15) is 0 Å². The van der Waals surface area contributed by atoms with Gasteiger partial charge < -0.3 is 20.7 Å². The molecule has 21 heavy (non-hydrogen) atoms. The highest BCUT2D eigenvalue weighted by Gasteiger charge is 2.09. The topological polar surface area (TPSA) is 84.7 Å². The molecular formula is C15H23N3O3. The highest BCUT2D eigenvalue weighted by Crippen LogP contribution is 2.12. The summed E-state index contributed by atoms with van der Waals surface area (Å²) in [6, 6.07) is 7.88. The van der Waals surface area contributed by atoms with Gasteiger partial charge in [-0.05, 0) is 30.5 Å². The lowest BCUT2D eigenvalue weighted by Crippen LogP contribution is -2.40. The third kappa shape index (κ3) is 6.27. The van der Waals surface area contributed by atoms with E-state index >= 15 is 0 Å². The van der Waals surface area contributed by atoms with Gasteiger partial charge in [0.2, 0.25) is 11.8 Å². The molecule has 0 fully saturated rings. The van der Waals surface area contributed by atoms with Crippen LogP contribution in [-0.2, 0) is 16.0 Å². The van der Waals surface area contributed by atoms with Crippen molar-refractivity contribution < 1.29 is 14.3 Å². The van der Waals surface area contributed by atoms with Gasteiger partial charge in [0.15, 0.2) is 0 Å². The molecule has 6 nitrogen and oxygen atoms in total. The average Bonchev–Trinajstić information content (AvgIpc) is 2.52. The quantitative estimate of drug-likeness (QED) is 0.715. The Morgan fingerprint density at radius 1 is 1.29 bits per heavy atom. The molecule has 0 saturated heterocycles. The van der Waals surface area contributed by atoms with Crippen molar-refractivity contribution in [1.29, 1.82) is 0 Å². The van der Waals surface area contributed by atoms with Crippen LogP contribution in [0, 0.1) is 0 Å². The zero-order valence-corrected chi connectivity index (χ0v) is 12.6. The van der Waals surface area contributed by atoms with Gasteiger partial charge in [-0.1, -0.05) is 12.1 Å². The molecule has 0 aliphatic rings. The van der Waals surface area contributed by atoms with Crippen LogP contribution in [0.5, 0.6) is 5.75 Å². The minimum atomic E-state index is -0.324. The molecule has 0 radical (unpaired) electrons. The predicted molar refractivity (Wildman–Crippen MR) is 81.0 cm³/mol. The molecule has 1 aromatic carbocycles. The van der Waals surface area contributed by atoms with Gasteiger partial charge in [0, 0.05) is 13.6 Å². The number of nitrogens with one attached hydrogen (secondary N) is 1. The lowest BCUT2D eigenvalue weighted by atomic mass is 10.1. The van der Waals surface area contributed by atoms with Crippen molar-refractivity contribution in [3.05, 3.63) is 29.8 Å². The van der Waals surface area contributed by atoms with E-state index in [1.165, 1.54) is 5.56 Å². The maximum absolute atomic E-state index is 11.7. The van der Waals surface area contributed by atoms with E-state index < -0.39 is 0 Å². The summed E-state index contributed by atoms with van der Waals surface area (Å²) in [5.74, 6) is 0.392. The molecule has 116 valence electrons. The van der Waals surface area contributed by atoms with Crippen LogP contribution in [0.3, 0.4) is 0 Å². The number of rotatable bonds is 8. The number of carbonyl (C=O) groups excluding carboxylic acids is 2. The molecule has 0 aliphatic carbocycles. The molecule has 0 aliphatic heterocycles. The van der Waals surface area contributed by atoms with Crippen LogP contribution in [-0.4, -0.2) is 50.5 Å². The first-order chi connectivity index (χ1) is 10.1. The normalized spacial score (nSPS) is 10.0. The fourth-order valence-corrected chi connectivity index (χ4v) is 1.82. The largest absolute Gasteiger partial charge is 0.497 e. The Balaban J connectivity index is 2.27. The summed E-state index contributed by atoms with van der Waals surface area (Å²) < 4.78 is 5.10. The van der Waals surface area contributed by atoms with E-state index in [0.29, 0.717) is 6.54 Å². The summed E-state index contributed by atoms with van der Waals surface area (Å²) in [5.41, 5.74) is 6.36. The van der Waals surface area contributed by atoms with Crippen molar-refractivity contribution in [1.82, 2.24) is 10.2 Å². The van der Waals surface area contributed by atoms with Gasteiger partial charge in [0.1, 0.15) is 5.75 Å². The Hall–Kier alpha value is -2.08. The zero-order valence-electron chi connectivity index (χ0n) is 12.6. The summed E-state index contributed by atoms with van der Waals surface area (Å²) in [4.78, 5) is 24.3. The number of hydrogen-bond acceptors (Lipinski definition) is 4. The molecule has 2 amide bonds. The van der Waals surface area contributed by atoms with E-state index in [-0.39, 0.29) is 24.9 Å². The number of aryl methyl sites for hydroxylation is 1. The summed E-state index contributed by atoms with van der Waals surface area (Å²) in [6.45, 7) is 0.535. The monoisotopic (exact) mass is 293 g/mol. The van der Waals surface area contributed by atoms with Crippen molar-refractivity contribution in [2.45, 2.75) is 12.8 Å². The van der Waals surface area contributed by atoms with Gasteiger partial charge in [-0.3, -0.25) is 9.59 Å². The number of nitrogens with two attached hydrogens (primary N) is 1. The standard InChI is InChI=1S/C15H23N3O3/c1-18(15(20)11-17-14(19)10-16)9-3-4-12-5-7-13(21-2)8-6-12/h5-8H,3-4,9-11,16H2,1-2H3,(H,17,19). The lowest BCUT2D eigenvalue weighted by molar-refractivity contribution is -0.131.